The van der Waals surface area contributed by atoms with Crippen molar-refractivity contribution in [2.75, 3.05) is 6.26 Å². The van der Waals surface area contributed by atoms with E-state index in [4.69, 9.17) is 0 Å². The van der Waals surface area contributed by atoms with Crippen molar-refractivity contribution in [2.45, 2.75) is 30.3 Å². The van der Waals surface area contributed by atoms with Crippen LogP contribution < -0.4 is 0 Å². The van der Waals surface area contributed by atoms with E-state index in [-0.39, 0.29) is 5.82 Å². The van der Waals surface area contributed by atoms with Crippen LogP contribution >= 0.6 is 11.8 Å². The van der Waals surface area contributed by atoms with Gasteiger partial charge in [-0.05, 0) is 43.7 Å². The molecule has 0 spiro atoms. The summed E-state index contributed by atoms with van der Waals surface area (Å²) in [4.78, 5) is 1.04. The Morgan fingerprint density at radius 1 is 1.43 bits per heavy atom. The molecular formula is C11H13FOS. The van der Waals surface area contributed by atoms with Gasteiger partial charge in [-0.2, -0.15) is 0 Å². The quantitative estimate of drug-likeness (QED) is 0.761. The molecule has 3 heteroatoms. The average Bonchev–Trinajstić information content (AvgIpc) is 2.85. The summed E-state index contributed by atoms with van der Waals surface area (Å²) in [6.45, 7) is 1.88. The Labute approximate surface area is 87.3 Å². The SMILES string of the molecule is CSc1cc(C2(O)CC2)c(F)cc1C. The highest BCUT2D eigenvalue weighted by molar-refractivity contribution is 7.98. The van der Waals surface area contributed by atoms with E-state index in [1.165, 1.54) is 6.07 Å². The Hall–Kier alpha value is -0.540. The molecular weight excluding hydrogens is 199 g/mol. The van der Waals surface area contributed by atoms with Crippen LogP contribution in [-0.4, -0.2) is 11.4 Å². The molecule has 1 nitrogen and oxygen atoms in total. The van der Waals surface area contributed by atoms with Crippen molar-refractivity contribution in [3.05, 3.63) is 29.1 Å². The van der Waals surface area contributed by atoms with E-state index in [2.05, 4.69) is 0 Å². The molecule has 76 valence electrons. The van der Waals surface area contributed by atoms with Crippen molar-refractivity contribution in [3.63, 3.8) is 0 Å². The highest BCUT2D eigenvalue weighted by Crippen LogP contribution is 2.47. The van der Waals surface area contributed by atoms with Gasteiger partial charge in [-0.25, -0.2) is 4.39 Å². The van der Waals surface area contributed by atoms with E-state index in [1.54, 1.807) is 17.8 Å². The minimum atomic E-state index is -0.873. The summed E-state index contributed by atoms with van der Waals surface area (Å²) >= 11 is 1.58. The van der Waals surface area contributed by atoms with Crippen LogP contribution in [0.4, 0.5) is 4.39 Å². The summed E-state index contributed by atoms with van der Waals surface area (Å²) in [5, 5.41) is 9.84. The van der Waals surface area contributed by atoms with Crippen LogP contribution in [0.25, 0.3) is 0 Å². The van der Waals surface area contributed by atoms with Crippen LogP contribution in [0.3, 0.4) is 0 Å². The molecule has 0 atom stereocenters. The third kappa shape index (κ3) is 1.55. The zero-order chi connectivity index (χ0) is 10.3. The highest BCUT2D eigenvalue weighted by atomic mass is 32.2. The lowest BCUT2D eigenvalue weighted by molar-refractivity contribution is 0.146. The van der Waals surface area contributed by atoms with Gasteiger partial charge in [0.2, 0.25) is 0 Å². The summed E-state index contributed by atoms with van der Waals surface area (Å²) in [5.41, 5.74) is 0.526. The number of hydrogen-bond donors (Lipinski definition) is 1. The standard InChI is InChI=1S/C11H13FOS/c1-7-5-9(12)8(6-10(7)14-2)11(13)3-4-11/h5-6,13H,3-4H2,1-2H3. The van der Waals surface area contributed by atoms with Crippen molar-refractivity contribution in [1.82, 2.24) is 0 Å². The van der Waals surface area contributed by atoms with Gasteiger partial charge in [0, 0.05) is 10.5 Å². The number of thioether (sulfide) groups is 1. The molecule has 2 rings (SSSR count). The fraction of sp³-hybridized carbons (Fsp3) is 0.455. The van der Waals surface area contributed by atoms with Crippen LogP contribution in [0.15, 0.2) is 17.0 Å². The van der Waals surface area contributed by atoms with E-state index in [9.17, 15) is 9.50 Å². The molecule has 1 N–H and O–H groups in total. The van der Waals surface area contributed by atoms with Crippen molar-refractivity contribution >= 4 is 11.8 Å². The first kappa shape index (κ1) is 9.99. The van der Waals surface area contributed by atoms with Gasteiger partial charge in [-0.3, -0.25) is 0 Å². The molecule has 0 aromatic heterocycles. The number of aryl methyl sites for hydroxylation is 1. The number of aliphatic hydroxyl groups is 1. The lowest BCUT2D eigenvalue weighted by atomic mass is 10.1. The first-order valence-corrected chi connectivity index (χ1v) is 5.86. The summed E-state index contributed by atoms with van der Waals surface area (Å²) < 4.78 is 13.5. The van der Waals surface area contributed by atoms with Crippen LogP contribution in [0.2, 0.25) is 0 Å². The molecule has 14 heavy (non-hydrogen) atoms. The van der Waals surface area contributed by atoms with Gasteiger partial charge in [0.05, 0.1) is 5.60 Å². The Kier molecular flexibility index (Phi) is 2.32. The molecule has 1 aliphatic rings. The number of hydrogen-bond acceptors (Lipinski definition) is 2. The second-order valence-electron chi connectivity index (χ2n) is 3.83. The molecule has 0 bridgehead atoms. The van der Waals surface area contributed by atoms with E-state index >= 15 is 0 Å². The number of halogens is 1. The topological polar surface area (TPSA) is 20.2 Å². The Morgan fingerprint density at radius 3 is 2.57 bits per heavy atom. The Morgan fingerprint density at radius 2 is 2.07 bits per heavy atom. The van der Waals surface area contributed by atoms with Gasteiger partial charge in [-0.1, -0.05) is 0 Å². The van der Waals surface area contributed by atoms with Crippen molar-refractivity contribution in [2.24, 2.45) is 0 Å². The monoisotopic (exact) mass is 212 g/mol. The van der Waals surface area contributed by atoms with Crippen molar-refractivity contribution in [1.29, 1.82) is 0 Å². The smallest absolute Gasteiger partial charge is 0.129 e. The lowest BCUT2D eigenvalue weighted by Crippen LogP contribution is -2.08. The van der Waals surface area contributed by atoms with Gasteiger partial charge < -0.3 is 5.11 Å². The van der Waals surface area contributed by atoms with Gasteiger partial charge in [0.1, 0.15) is 5.82 Å². The van der Waals surface area contributed by atoms with Crippen LogP contribution in [0, 0.1) is 12.7 Å². The summed E-state index contributed by atoms with van der Waals surface area (Å²) in [6, 6.07) is 3.29. The maximum atomic E-state index is 13.5. The molecule has 0 aliphatic heterocycles. The number of benzene rings is 1. The van der Waals surface area contributed by atoms with Crippen molar-refractivity contribution in [3.8, 4) is 0 Å². The van der Waals surface area contributed by atoms with Crippen LogP contribution in [0.1, 0.15) is 24.0 Å². The molecule has 1 aromatic carbocycles. The lowest BCUT2D eigenvalue weighted by Gasteiger charge is -2.12. The fourth-order valence-electron chi connectivity index (χ4n) is 1.62. The predicted octanol–water partition coefficient (Wildman–Crippen LogP) is 2.84. The zero-order valence-electron chi connectivity index (χ0n) is 8.30. The van der Waals surface area contributed by atoms with Gasteiger partial charge in [0.15, 0.2) is 0 Å². The third-order valence-electron chi connectivity index (χ3n) is 2.71. The predicted molar refractivity (Wildman–Crippen MR) is 56.0 cm³/mol. The van der Waals surface area contributed by atoms with Gasteiger partial charge in [0.25, 0.3) is 0 Å². The summed E-state index contributed by atoms with van der Waals surface area (Å²) in [7, 11) is 0. The van der Waals surface area contributed by atoms with Crippen LogP contribution in [0.5, 0.6) is 0 Å². The average molecular weight is 212 g/mol. The molecule has 1 saturated carbocycles. The first-order valence-electron chi connectivity index (χ1n) is 4.64. The van der Waals surface area contributed by atoms with Crippen LogP contribution in [-0.2, 0) is 5.60 Å². The van der Waals surface area contributed by atoms with E-state index < -0.39 is 5.60 Å². The van der Waals surface area contributed by atoms with Gasteiger partial charge in [-0.15, -0.1) is 11.8 Å². The van der Waals surface area contributed by atoms with E-state index in [0.29, 0.717) is 18.4 Å². The second-order valence-corrected chi connectivity index (χ2v) is 4.68. The normalized spacial score (nSPS) is 18.3. The van der Waals surface area contributed by atoms with Gasteiger partial charge >= 0.3 is 0 Å². The number of rotatable bonds is 2. The summed E-state index contributed by atoms with van der Waals surface area (Å²) in [6.07, 6.45) is 3.32. The van der Waals surface area contributed by atoms with Crippen molar-refractivity contribution < 1.29 is 9.50 Å². The molecule has 0 heterocycles. The minimum Gasteiger partial charge on any atom is -0.385 e. The minimum absolute atomic E-state index is 0.277. The molecule has 1 aliphatic carbocycles. The first-order chi connectivity index (χ1) is 6.57. The largest absolute Gasteiger partial charge is 0.385 e. The molecule has 0 unspecified atom stereocenters. The summed E-state index contributed by atoms with van der Waals surface area (Å²) in [5.74, 6) is -0.277. The molecule has 0 amide bonds. The van der Waals surface area contributed by atoms with E-state index in [0.717, 1.165) is 10.5 Å². The fourth-order valence-corrected chi connectivity index (χ4v) is 2.23. The maximum Gasteiger partial charge on any atom is 0.129 e. The Balaban J connectivity index is 2.50. The Bertz CT molecular complexity index is 372. The highest BCUT2D eigenvalue weighted by Gasteiger charge is 2.44. The molecule has 1 fully saturated rings. The molecule has 0 saturated heterocycles. The third-order valence-corrected chi connectivity index (χ3v) is 3.59. The second kappa shape index (κ2) is 3.24. The van der Waals surface area contributed by atoms with E-state index in [1.807, 2.05) is 13.2 Å². The zero-order valence-corrected chi connectivity index (χ0v) is 9.12. The molecule has 0 radical (unpaired) electrons. The molecule has 1 aromatic rings. The maximum absolute atomic E-state index is 13.5.